The number of rotatable bonds is 8. The largest absolute Gasteiger partial charge is 0.393 e. The molecule has 11 atom stereocenters. The Morgan fingerprint density at radius 1 is 0.943 bits per heavy atom. The van der Waals surface area contributed by atoms with Crippen LogP contribution in [0, 0.1) is 52.3 Å². The lowest BCUT2D eigenvalue weighted by Gasteiger charge is -2.64. The van der Waals surface area contributed by atoms with Gasteiger partial charge in [-0.2, -0.15) is 0 Å². The van der Waals surface area contributed by atoms with E-state index < -0.39 is 10.0 Å². The summed E-state index contributed by atoms with van der Waals surface area (Å²) in [6, 6.07) is 0. The van der Waals surface area contributed by atoms with Gasteiger partial charge in [0.05, 0.1) is 17.5 Å². The van der Waals surface area contributed by atoms with E-state index in [1.165, 1.54) is 25.7 Å². The summed E-state index contributed by atoms with van der Waals surface area (Å²) in [6.07, 6.45) is 10.4. The molecule has 4 fully saturated rings. The van der Waals surface area contributed by atoms with Gasteiger partial charge in [0, 0.05) is 6.54 Å². The first-order valence-electron chi connectivity index (χ1n) is 14.7. The van der Waals surface area contributed by atoms with Crippen LogP contribution in [0.15, 0.2) is 0 Å². The maximum absolute atomic E-state index is 12.1. The van der Waals surface area contributed by atoms with Crippen molar-refractivity contribution in [3.63, 3.8) is 0 Å². The first-order chi connectivity index (χ1) is 16.4. The molecule has 0 heterocycles. The van der Waals surface area contributed by atoms with E-state index in [-0.39, 0.29) is 28.3 Å². The number of aliphatic hydroxyl groups is 2. The highest BCUT2D eigenvalue weighted by molar-refractivity contribution is 7.90. The lowest BCUT2D eigenvalue weighted by atomic mass is 9.41. The Labute approximate surface area is 215 Å². The van der Waals surface area contributed by atoms with Crippen molar-refractivity contribution in [1.82, 2.24) is 4.72 Å². The van der Waals surface area contributed by atoms with Gasteiger partial charge in [0.15, 0.2) is 0 Å². The first-order valence-corrected chi connectivity index (χ1v) is 16.3. The van der Waals surface area contributed by atoms with E-state index in [4.69, 9.17) is 0 Å². The summed E-state index contributed by atoms with van der Waals surface area (Å²) in [5, 5.41) is 21.9. The van der Waals surface area contributed by atoms with Crippen molar-refractivity contribution in [2.45, 2.75) is 123 Å². The molecule has 0 aromatic carbocycles. The molecule has 5 nitrogen and oxygen atoms in total. The van der Waals surface area contributed by atoms with Crippen molar-refractivity contribution in [1.29, 1.82) is 0 Å². The Balaban J connectivity index is 1.47. The monoisotopic (exact) mass is 511 g/mol. The van der Waals surface area contributed by atoms with Crippen LogP contribution in [0.25, 0.3) is 0 Å². The van der Waals surface area contributed by atoms with Crippen LogP contribution in [0.4, 0.5) is 0 Å². The molecule has 204 valence electrons. The summed E-state index contributed by atoms with van der Waals surface area (Å²) in [4.78, 5) is 0. The standard InChI is InChI=1S/C29H53NO4S/c1-7-21-25-17-20(31)12-14-29(25,6)24-13-15-28(5)22(10-11-23(28)26(24)27(21)32)19(4)9-8-16-30-35(33,34)18(2)3/h18-27,30-32H,7-17H2,1-6H3/t19-,20-,21-,22?,23+,24+,25?,26?,27-,28?,29?/m1/s1. The molecule has 5 unspecified atom stereocenters. The fraction of sp³-hybridized carbons (Fsp3) is 1.00. The lowest BCUT2D eigenvalue weighted by molar-refractivity contribution is -0.203. The Morgan fingerprint density at radius 2 is 1.60 bits per heavy atom. The summed E-state index contributed by atoms with van der Waals surface area (Å²) >= 11 is 0. The SMILES string of the molecule is CC[C@@H]1C2C[C@H](O)CCC2(C)[C@H]2CCC3(C)C([C@H](C)CCCNS(=O)(=O)C(C)C)CC[C@H]3C2[C@@H]1O. The molecule has 0 aromatic heterocycles. The van der Waals surface area contributed by atoms with Gasteiger partial charge in [-0.1, -0.05) is 34.1 Å². The van der Waals surface area contributed by atoms with Crippen molar-refractivity contribution in [3.05, 3.63) is 0 Å². The normalized spacial score (nSPS) is 46.7. The molecule has 3 N–H and O–H groups in total. The minimum absolute atomic E-state index is 0.193. The summed E-state index contributed by atoms with van der Waals surface area (Å²) in [6.45, 7) is 13.6. The van der Waals surface area contributed by atoms with Crippen molar-refractivity contribution < 1.29 is 18.6 Å². The molecule has 0 saturated heterocycles. The smallest absolute Gasteiger partial charge is 0.213 e. The van der Waals surface area contributed by atoms with E-state index in [1.54, 1.807) is 13.8 Å². The fourth-order valence-electron chi connectivity index (χ4n) is 9.94. The third kappa shape index (κ3) is 4.76. The van der Waals surface area contributed by atoms with Gasteiger partial charge in [0.1, 0.15) is 0 Å². The van der Waals surface area contributed by atoms with Crippen LogP contribution >= 0.6 is 0 Å². The van der Waals surface area contributed by atoms with E-state index in [0.29, 0.717) is 48.0 Å². The maximum Gasteiger partial charge on any atom is 0.213 e. The van der Waals surface area contributed by atoms with E-state index in [2.05, 4.69) is 32.4 Å². The average molecular weight is 512 g/mol. The number of nitrogens with one attached hydrogen (secondary N) is 1. The zero-order chi connectivity index (χ0) is 25.8. The van der Waals surface area contributed by atoms with Crippen LogP contribution in [0.5, 0.6) is 0 Å². The van der Waals surface area contributed by atoms with E-state index >= 15 is 0 Å². The third-order valence-electron chi connectivity index (χ3n) is 11.9. The van der Waals surface area contributed by atoms with Gasteiger partial charge in [-0.05, 0) is 124 Å². The molecule has 4 aliphatic rings. The second-order valence-electron chi connectivity index (χ2n) is 13.7. The molecule has 0 radical (unpaired) electrons. The summed E-state index contributed by atoms with van der Waals surface area (Å²) in [7, 11) is -3.19. The number of hydrogen-bond donors (Lipinski definition) is 3. The molecule has 35 heavy (non-hydrogen) atoms. The second-order valence-corrected chi connectivity index (χ2v) is 16.1. The summed E-state index contributed by atoms with van der Waals surface area (Å²) in [5.74, 6) is 3.54. The topological polar surface area (TPSA) is 86.6 Å². The van der Waals surface area contributed by atoms with Crippen LogP contribution in [0.1, 0.15) is 106 Å². The molecule has 4 saturated carbocycles. The van der Waals surface area contributed by atoms with Gasteiger partial charge in [-0.15, -0.1) is 0 Å². The molecule has 0 aliphatic heterocycles. The van der Waals surface area contributed by atoms with Crippen molar-refractivity contribution >= 4 is 10.0 Å². The summed E-state index contributed by atoms with van der Waals surface area (Å²) < 4.78 is 26.9. The Hall–Kier alpha value is -0.170. The molecular formula is C29H53NO4S. The van der Waals surface area contributed by atoms with Gasteiger partial charge in [-0.25, -0.2) is 13.1 Å². The van der Waals surface area contributed by atoms with Crippen LogP contribution in [-0.2, 0) is 10.0 Å². The third-order valence-corrected chi connectivity index (χ3v) is 13.8. The lowest BCUT2D eigenvalue weighted by Crippen LogP contribution is -2.62. The Kier molecular flexibility index (Phi) is 8.11. The van der Waals surface area contributed by atoms with E-state index in [9.17, 15) is 18.6 Å². The van der Waals surface area contributed by atoms with Crippen LogP contribution in [-0.4, -0.2) is 42.6 Å². The number of aliphatic hydroxyl groups excluding tert-OH is 2. The maximum atomic E-state index is 12.1. The van der Waals surface area contributed by atoms with Gasteiger partial charge < -0.3 is 10.2 Å². The molecule has 6 heteroatoms. The molecule has 0 spiro atoms. The molecule has 0 aromatic rings. The summed E-state index contributed by atoms with van der Waals surface area (Å²) in [5.41, 5.74) is 0.525. The highest BCUT2D eigenvalue weighted by Gasteiger charge is 2.64. The zero-order valence-electron chi connectivity index (χ0n) is 23.2. The molecule has 0 bridgehead atoms. The first kappa shape index (κ1) is 27.9. The van der Waals surface area contributed by atoms with E-state index in [0.717, 1.165) is 38.5 Å². The van der Waals surface area contributed by atoms with E-state index in [1.807, 2.05) is 0 Å². The van der Waals surface area contributed by atoms with Crippen LogP contribution in [0.2, 0.25) is 0 Å². The number of sulfonamides is 1. The molecule has 0 amide bonds. The van der Waals surface area contributed by atoms with Crippen LogP contribution in [0.3, 0.4) is 0 Å². The molecular weight excluding hydrogens is 458 g/mol. The number of fused-ring (bicyclic) bond motifs is 5. The zero-order valence-corrected chi connectivity index (χ0v) is 24.0. The second kappa shape index (κ2) is 10.2. The quantitative estimate of drug-likeness (QED) is 0.383. The van der Waals surface area contributed by atoms with Gasteiger partial charge in [0.25, 0.3) is 0 Å². The number of hydrogen-bond acceptors (Lipinski definition) is 4. The highest BCUT2D eigenvalue weighted by Crippen LogP contribution is 2.69. The predicted octanol–water partition coefficient (Wildman–Crippen LogP) is 5.36. The van der Waals surface area contributed by atoms with Gasteiger partial charge in [-0.3, -0.25) is 0 Å². The van der Waals surface area contributed by atoms with Gasteiger partial charge >= 0.3 is 0 Å². The average Bonchev–Trinajstić information content (AvgIpc) is 3.15. The highest BCUT2D eigenvalue weighted by atomic mass is 32.2. The Morgan fingerprint density at radius 3 is 2.26 bits per heavy atom. The van der Waals surface area contributed by atoms with Gasteiger partial charge in [0.2, 0.25) is 10.0 Å². The van der Waals surface area contributed by atoms with Crippen LogP contribution < -0.4 is 4.72 Å². The van der Waals surface area contributed by atoms with Crippen molar-refractivity contribution in [2.24, 2.45) is 52.3 Å². The predicted molar refractivity (Wildman–Crippen MR) is 142 cm³/mol. The minimum Gasteiger partial charge on any atom is -0.393 e. The molecule has 4 aliphatic carbocycles. The molecule has 4 rings (SSSR count). The van der Waals surface area contributed by atoms with Crippen molar-refractivity contribution in [2.75, 3.05) is 6.54 Å². The van der Waals surface area contributed by atoms with Crippen molar-refractivity contribution in [3.8, 4) is 0 Å². The Bertz CT molecular complexity index is 846. The fourth-order valence-corrected chi connectivity index (χ4v) is 10.7. The minimum atomic E-state index is -3.19.